The zero-order valence-electron chi connectivity index (χ0n) is 15.9. The van der Waals surface area contributed by atoms with Gasteiger partial charge in [-0.05, 0) is 64.0 Å². The molecule has 0 aliphatic carbocycles. The van der Waals surface area contributed by atoms with E-state index in [-0.39, 0.29) is 28.5 Å². The number of ether oxygens (including phenoxy) is 2. The van der Waals surface area contributed by atoms with E-state index in [1.165, 1.54) is 49.6 Å². The quantitative estimate of drug-likeness (QED) is 0.413. The lowest BCUT2D eigenvalue weighted by molar-refractivity contribution is -0.139. The molecule has 0 saturated carbocycles. The molecule has 4 amide bonds. The van der Waals surface area contributed by atoms with Crippen molar-refractivity contribution in [2.24, 2.45) is 0 Å². The Morgan fingerprint density at radius 3 is 2.48 bits per heavy atom. The van der Waals surface area contributed by atoms with Gasteiger partial charge in [-0.15, -0.1) is 0 Å². The fourth-order valence-electron chi connectivity index (χ4n) is 2.76. The Morgan fingerprint density at radius 2 is 1.87 bits per heavy atom. The maximum atomic E-state index is 12.9. The predicted octanol–water partition coefficient (Wildman–Crippen LogP) is 2.29. The average molecular weight is 491 g/mol. The number of nitrogens with one attached hydrogen (secondary N) is 1. The van der Waals surface area contributed by atoms with Crippen LogP contribution in [-0.2, 0) is 14.4 Å². The van der Waals surface area contributed by atoms with Gasteiger partial charge in [0.15, 0.2) is 18.1 Å². The van der Waals surface area contributed by atoms with Crippen LogP contribution >= 0.6 is 15.9 Å². The second-order valence-corrected chi connectivity index (χ2v) is 7.05. The summed E-state index contributed by atoms with van der Waals surface area (Å²) in [6.45, 7) is -0.597. The van der Waals surface area contributed by atoms with Crippen molar-refractivity contribution in [1.29, 1.82) is 0 Å². The standard InChI is InChI=1S/C20H15BrN2O8/c1-30-15-8-10(7-14(21)17(15)31-9-16(25)26)6-13-18(27)22-20(29)23(19(13)28)11-2-4-12(24)5-3-11/h2-8,24H,9H2,1H3,(H,25,26)(H,22,27,29)/b13-6+. The Kier molecular flexibility index (Phi) is 6.25. The lowest BCUT2D eigenvalue weighted by Crippen LogP contribution is -2.54. The number of carbonyl (C=O) groups excluding carboxylic acids is 3. The lowest BCUT2D eigenvalue weighted by Gasteiger charge is -2.26. The summed E-state index contributed by atoms with van der Waals surface area (Å²) in [7, 11) is 1.34. The Hall–Kier alpha value is -3.86. The number of hydrogen-bond acceptors (Lipinski definition) is 7. The first-order valence-electron chi connectivity index (χ1n) is 8.64. The van der Waals surface area contributed by atoms with Gasteiger partial charge in [0.2, 0.25) is 0 Å². The predicted molar refractivity (Wildman–Crippen MR) is 111 cm³/mol. The molecule has 1 aliphatic heterocycles. The van der Waals surface area contributed by atoms with Crippen LogP contribution in [0.15, 0.2) is 46.4 Å². The van der Waals surface area contributed by atoms with Gasteiger partial charge in [-0.2, -0.15) is 0 Å². The number of aromatic hydroxyl groups is 1. The normalized spacial score (nSPS) is 15.1. The van der Waals surface area contributed by atoms with Crippen LogP contribution in [0.5, 0.6) is 17.2 Å². The summed E-state index contributed by atoms with van der Waals surface area (Å²) in [4.78, 5) is 49.0. The number of hydrogen-bond donors (Lipinski definition) is 3. The number of phenolic OH excluding ortho intramolecular Hbond substituents is 1. The van der Waals surface area contributed by atoms with Crippen molar-refractivity contribution in [2.75, 3.05) is 18.6 Å². The van der Waals surface area contributed by atoms with E-state index in [2.05, 4.69) is 21.2 Å². The summed E-state index contributed by atoms with van der Waals surface area (Å²) in [6, 6.07) is 7.32. The number of carboxylic acids is 1. The van der Waals surface area contributed by atoms with E-state index in [1.807, 2.05) is 0 Å². The molecule has 0 aromatic heterocycles. The summed E-state index contributed by atoms with van der Waals surface area (Å²) in [5.41, 5.74) is 0.195. The highest BCUT2D eigenvalue weighted by molar-refractivity contribution is 9.10. The fourth-order valence-corrected chi connectivity index (χ4v) is 3.33. The van der Waals surface area contributed by atoms with E-state index < -0.39 is 30.4 Å². The van der Waals surface area contributed by atoms with Crippen molar-refractivity contribution < 1.29 is 38.9 Å². The summed E-state index contributed by atoms with van der Waals surface area (Å²) < 4.78 is 10.7. The van der Waals surface area contributed by atoms with Gasteiger partial charge in [0.25, 0.3) is 11.8 Å². The van der Waals surface area contributed by atoms with Crippen molar-refractivity contribution in [1.82, 2.24) is 5.32 Å². The van der Waals surface area contributed by atoms with Crippen LogP contribution in [0.1, 0.15) is 5.56 Å². The maximum absolute atomic E-state index is 12.9. The summed E-state index contributed by atoms with van der Waals surface area (Å²) >= 11 is 3.25. The topological polar surface area (TPSA) is 142 Å². The van der Waals surface area contributed by atoms with E-state index in [9.17, 15) is 24.3 Å². The third-order valence-corrected chi connectivity index (χ3v) is 4.70. The molecule has 10 nitrogen and oxygen atoms in total. The van der Waals surface area contributed by atoms with Crippen LogP contribution in [0.25, 0.3) is 6.08 Å². The molecule has 160 valence electrons. The Bertz CT molecular complexity index is 1110. The molecule has 2 aromatic carbocycles. The molecule has 1 aliphatic rings. The molecular weight excluding hydrogens is 476 g/mol. The van der Waals surface area contributed by atoms with E-state index in [0.29, 0.717) is 10.0 Å². The largest absolute Gasteiger partial charge is 0.508 e. The number of anilines is 1. The average Bonchev–Trinajstić information content (AvgIpc) is 2.71. The molecule has 0 bridgehead atoms. The number of methoxy groups -OCH3 is 1. The minimum Gasteiger partial charge on any atom is -0.508 e. The van der Waals surface area contributed by atoms with Crippen molar-refractivity contribution in [3.8, 4) is 17.2 Å². The number of amides is 4. The van der Waals surface area contributed by atoms with Crippen LogP contribution < -0.4 is 19.7 Å². The molecule has 3 rings (SSSR count). The Balaban J connectivity index is 1.99. The first-order valence-corrected chi connectivity index (χ1v) is 9.43. The molecular formula is C20H15BrN2O8. The number of phenols is 1. The minimum absolute atomic E-state index is 0.0531. The van der Waals surface area contributed by atoms with Gasteiger partial charge >= 0.3 is 12.0 Å². The van der Waals surface area contributed by atoms with Crippen LogP contribution in [0.4, 0.5) is 10.5 Å². The Labute approximate surface area is 183 Å². The van der Waals surface area contributed by atoms with Crippen molar-refractivity contribution in [2.45, 2.75) is 0 Å². The van der Waals surface area contributed by atoms with E-state index in [1.54, 1.807) is 0 Å². The molecule has 0 spiro atoms. The third kappa shape index (κ3) is 4.67. The highest BCUT2D eigenvalue weighted by Crippen LogP contribution is 2.37. The van der Waals surface area contributed by atoms with Gasteiger partial charge < -0.3 is 19.7 Å². The van der Waals surface area contributed by atoms with Gasteiger partial charge in [-0.3, -0.25) is 14.9 Å². The zero-order chi connectivity index (χ0) is 22.7. The number of aliphatic carboxylic acids is 1. The van der Waals surface area contributed by atoms with Gasteiger partial charge in [0.05, 0.1) is 17.3 Å². The third-order valence-electron chi connectivity index (χ3n) is 4.11. The smallest absolute Gasteiger partial charge is 0.341 e. The molecule has 1 saturated heterocycles. The minimum atomic E-state index is -1.18. The second-order valence-electron chi connectivity index (χ2n) is 6.19. The molecule has 0 radical (unpaired) electrons. The summed E-state index contributed by atoms with van der Waals surface area (Å²) in [5, 5.41) is 20.3. The summed E-state index contributed by atoms with van der Waals surface area (Å²) in [6.07, 6.45) is 1.26. The fraction of sp³-hybridized carbons (Fsp3) is 0.100. The second kappa shape index (κ2) is 8.88. The van der Waals surface area contributed by atoms with Crippen LogP contribution in [-0.4, -0.2) is 47.7 Å². The maximum Gasteiger partial charge on any atom is 0.341 e. The number of carboxylic acid groups (broad SMARTS) is 1. The first-order chi connectivity index (χ1) is 14.7. The lowest BCUT2D eigenvalue weighted by atomic mass is 10.1. The number of nitrogens with zero attached hydrogens (tertiary/aromatic N) is 1. The van der Waals surface area contributed by atoms with E-state index in [4.69, 9.17) is 14.6 Å². The van der Waals surface area contributed by atoms with E-state index >= 15 is 0 Å². The number of rotatable bonds is 6. The number of carbonyl (C=O) groups is 4. The molecule has 1 fully saturated rings. The number of benzene rings is 2. The first kappa shape index (κ1) is 21.8. The molecule has 31 heavy (non-hydrogen) atoms. The highest BCUT2D eigenvalue weighted by atomic mass is 79.9. The number of urea groups is 1. The van der Waals surface area contributed by atoms with Crippen molar-refractivity contribution in [3.63, 3.8) is 0 Å². The van der Waals surface area contributed by atoms with Crippen molar-refractivity contribution >= 4 is 51.5 Å². The number of halogens is 1. The van der Waals surface area contributed by atoms with Gasteiger partial charge in [0, 0.05) is 0 Å². The van der Waals surface area contributed by atoms with Gasteiger partial charge in [-0.1, -0.05) is 0 Å². The molecule has 0 unspecified atom stereocenters. The molecule has 2 aromatic rings. The SMILES string of the molecule is COc1cc(/C=C2\C(=O)NC(=O)N(c3ccc(O)cc3)C2=O)cc(Br)c1OCC(=O)O. The highest BCUT2D eigenvalue weighted by Gasteiger charge is 2.36. The molecule has 3 N–H and O–H groups in total. The number of imide groups is 2. The summed E-state index contributed by atoms with van der Waals surface area (Å²) in [5.74, 6) is -2.68. The van der Waals surface area contributed by atoms with Gasteiger partial charge in [0.1, 0.15) is 11.3 Å². The molecule has 11 heteroatoms. The van der Waals surface area contributed by atoms with Crippen LogP contribution in [0.2, 0.25) is 0 Å². The monoisotopic (exact) mass is 490 g/mol. The number of barbiturate groups is 1. The van der Waals surface area contributed by atoms with Crippen LogP contribution in [0, 0.1) is 0 Å². The van der Waals surface area contributed by atoms with Crippen molar-refractivity contribution in [3.05, 3.63) is 52.0 Å². The Morgan fingerprint density at radius 1 is 1.19 bits per heavy atom. The molecule has 0 atom stereocenters. The van der Waals surface area contributed by atoms with E-state index in [0.717, 1.165) is 4.90 Å². The molecule has 1 heterocycles. The zero-order valence-corrected chi connectivity index (χ0v) is 17.5. The van der Waals surface area contributed by atoms with Gasteiger partial charge in [-0.25, -0.2) is 14.5 Å². The van der Waals surface area contributed by atoms with Crippen LogP contribution in [0.3, 0.4) is 0 Å².